The Bertz CT molecular complexity index is 1010. The van der Waals surface area contributed by atoms with Crippen LogP contribution in [-0.2, 0) is 9.53 Å². The molecule has 1 aliphatic rings. The molecule has 0 aliphatic carbocycles. The van der Waals surface area contributed by atoms with E-state index in [0.29, 0.717) is 6.61 Å². The molecule has 2 aromatic carbocycles. The number of ether oxygens (including phenoxy) is 1. The minimum atomic E-state index is -0.0580. The Balaban J connectivity index is 1.29. The molecule has 0 unspecified atom stereocenters. The van der Waals surface area contributed by atoms with Crippen LogP contribution in [0.2, 0.25) is 0 Å². The van der Waals surface area contributed by atoms with Crippen molar-refractivity contribution < 1.29 is 9.53 Å². The van der Waals surface area contributed by atoms with Gasteiger partial charge in [0.05, 0.1) is 24.4 Å². The molecule has 0 atom stereocenters. The van der Waals surface area contributed by atoms with E-state index in [2.05, 4.69) is 44.7 Å². The zero-order valence-electron chi connectivity index (χ0n) is 17.5. The van der Waals surface area contributed by atoms with Crippen molar-refractivity contribution in [3.05, 3.63) is 65.5 Å². The van der Waals surface area contributed by atoms with Crippen LogP contribution in [0.5, 0.6) is 0 Å². The van der Waals surface area contributed by atoms with Gasteiger partial charge in [-0.3, -0.25) is 10.2 Å². The number of piperidine rings is 1. The molecule has 7 heteroatoms. The number of carbonyl (C=O) groups is 1. The van der Waals surface area contributed by atoms with Crippen LogP contribution in [0.4, 0.5) is 10.8 Å². The fourth-order valence-corrected chi connectivity index (χ4v) is 4.30. The molecule has 0 spiro atoms. The van der Waals surface area contributed by atoms with E-state index in [1.54, 1.807) is 6.21 Å². The molecule has 160 valence electrons. The summed E-state index contributed by atoms with van der Waals surface area (Å²) in [6.07, 6.45) is 3.47. The summed E-state index contributed by atoms with van der Waals surface area (Å²) < 4.78 is 5.15. The van der Waals surface area contributed by atoms with Gasteiger partial charge in [0.15, 0.2) is 0 Å². The first-order chi connectivity index (χ1) is 15.2. The summed E-state index contributed by atoms with van der Waals surface area (Å²) >= 11 is 1.53. The van der Waals surface area contributed by atoms with Crippen molar-refractivity contribution in [2.75, 3.05) is 30.0 Å². The molecule has 2 heterocycles. The summed E-state index contributed by atoms with van der Waals surface area (Å²) in [6.45, 7) is 4.04. The van der Waals surface area contributed by atoms with Crippen LogP contribution in [0.15, 0.2) is 65.1 Å². The predicted octanol–water partition coefficient (Wildman–Crippen LogP) is 5.04. The SMILES string of the molecule is CCOC(=O)C1CCN(c2ccc(C=NNc3nc(-c4ccccc4)cs3)cc2)CC1. The van der Waals surface area contributed by atoms with Crippen molar-refractivity contribution in [3.8, 4) is 11.3 Å². The first-order valence-corrected chi connectivity index (χ1v) is 11.4. The number of hydrazone groups is 1. The highest BCUT2D eigenvalue weighted by molar-refractivity contribution is 7.14. The van der Waals surface area contributed by atoms with Gasteiger partial charge >= 0.3 is 5.97 Å². The van der Waals surface area contributed by atoms with Gasteiger partial charge in [0.2, 0.25) is 5.13 Å². The number of rotatable bonds is 7. The number of esters is 1. The molecule has 1 aliphatic heterocycles. The third kappa shape index (κ3) is 5.49. The molecule has 0 radical (unpaired) electrons. The van der Waals surface area contributed by atoms with E-state index in [-0.39, 0.29) is 11.9 Å². The summed E-state index contributed by atoms with van der Waals surface area (Å²) in [6, 6.07) is 18.4. The minimum Gasteiger partial charge on any atom is -0.466 e. The van der Waals surface area contributed by atoms with E-state index in [0.717, 1.165) is 47.9 Å². The van der Waals surface area contributed by atoms with Gasteiger partial charge in [0, 0.05) is 29.7 Å². The standard InChI is InChI=1S/C24H26N4O2S/c1-2-30-23(29)20-12-14-28(15-13-20)21-10-8-18(9-11-21)16-25-27-24-26-22(17-31-24)19-6-4-3-5-7-19/h3-11,16-17,20H,2,12-15H2,1H3,(H,26,27). The average Bonchev–Trinajstić information content (AvgIpc) is 3.29. The second-order valence-electron chi connectivity index (χ2n) is 7.38. The molecule has 1 N–H and O–H groups in total. The maximum absolute atomic E-state index is 11.9. The number of aromatic nitrogens is 1. The van der Waals surface area contributed by atoms with Crippen LogP contribution in [0.3, 0.4) is 0 Å². The topological polar surface area (TPSA) is 66.8 Å². The number of nitrogens with zero attached hydrogens (tertiary/aromatic N) is 3. The highest BCUT2D eigenvalue weighted by Crippen LogP contribution is 2.25. The largest absolute Gasteiger partial charge is 0.466 e. The molecule has 0 saturated carbocycles. The Morgan fingerprint density at radius 3 is 2.65 bits per heavy atom. The van der Waals surface area contributed by atoms with E-state index >= 15 is 0 Å². The predicted molar refractivity (Wildman–Crippen MR) is 127 cm³/mol. The molecular formula is C24H26N4O2S. The second kappa shape index (κ2) is 10.2. The zero-order chi connectivity index (χ0) is 21.5. The van der Waals surface area contributed by atoms with Gasteiger partial charge in [-0.1, -0.05) is 42.5 Å². The van der Waals surface area contributed by atoms with Crippen molar-refractivity contribution in [1.82, 2.24) is 4.98 Å². The van der Waals surface area contributed by atoms with Crippen LogP contribution in [-0.4, -0.2) is 36.9 Å². The third-order valence-corrected chi connectivity index (χ3v) is 6.07. The van der Waals surface area contributed by atoms with Crippen LogP contribution in [0.25, 0.3) is 11.3 Å². The van der Waals surface area contributed by atoms with Crippen LogP contribution >= 0.6 is 11.3 Å². The lowest BCUT2D eigenvalue weighted by atomic mass is 9.96. The van der Waals surface area contributed by atoms with Gasteiger partial charge in [0.25, 0.3) is 0 Å². The van der Waals surface area contributed by atoms with Crippen molar-refractivity contribution in [3.63, 3.8) is 0 Å². The molecule has 4 rings (SSSR count). The maximum Gasteiger partial charge on any atom is 0.309 e. The van der Waals surface area contributed by atoms with Crippen molar-refractivity contribution in [2.24, 2.45) is 11.0 Å². The Morgan fingerprint density at radius 2 is 1.94 bits per heavy atom. The van der Waals surface area contributed by atoms with Crippen LogP contribution in [0.1, 0.15) is 25.3 Å². The third-order valence-electron chi connectivity index (χ3n) is 5.32. The fraction of sp³-hybridized carbons (Fsp3) is 0.292. The fourth-order valence-electron chi connectivity index (χ4n) is 3.63. The number of benzene rings is 2. The smallest absolute Gasteiger partial charge is 0.309 e. The van der Waals surface area contributed by atoms with Gasteiger partial charge in [-0.25, -0.2) is 4.98 Å². The van der Waals surface area contributed by atoms with Crippen LogP contribution < -0.4 is 10.3 Å². The van der Waals surface area contributed by atoms with E-state index in [1.807, 2.05) is 42.6 Å². The summed E-state index contributed by atoms with van der Waals surface area (Å²) in [7, 11) is 0. The summed E-state index contributed by atoms with van der Waals surface area (Å²) in [4.78, 5) is 18.8. The minimum absolute atomic E-state index is 0.0296. The molecule has 3 aromatic rings. The monoisotopic (exact) mass is 434 g/mol. The van der Waals surface area contributed by atoms with Crippen molar-refractivity contribution >= 4 is 34.3 Å². The highest BCUT2D eigenvalue weighted by atomic mass is 32.1. The summed E-state index contributed by atoms with van der Waals surface area (Å²) in [5.41, 5.74) is 7.23. The Morgan fingerprint density at radius 1 is 1.19 bits per heavy atom. The maximum atomic E-state index is 11.9. The Labute approximate surface area is 186 Å². The average molecular weight is 435 g/mol. The van der Waals surface area contributed by atoms with E-state index in [4.69, 9.17) is 4.74 Å². The summed E-state index contributed by atoms with van der Waals surface area (Å²) in [5, 5.41) is 7.10. The number of hydrogen-bond donors (Lipinski definition) is 1. The molecule has 1 fully saturated rings. The molecule has 0 amide bonds. The normalized spacial score (nSPS) is 14.7. The number of nitrogens with one attached hydrogen (secondary N) is 1. The molecule has 1 aromatic heterocycles. The van der Waals surface area contributed by atoms with Crippen LogP contribution in [0, 0.1) is 5.92 Å². The van der Waals surface area contributed by atoms with Crippen molar-refractivity contribution in [1.29, 1.82) is 0 Å². The van der Waals surface area contributed by atoms with Gasteiger partial charge in [0.1, 0.15) is 0 Å². The molecule has 1 saturated heterocycles. The lowest BCUT2D eigenvalue weighted by Gasteiger charge is -2.32. The Kier molecular flexibility index (Phi) is 6.94. The highest BCUT2D eigenvalue weighted by Gasteiger charge is 2.25. The number of thiazole rings is 1. The van der Waals surface area contributed by atoms with E-state index in [9.17, 15) is 4.79 Å². The summed E-state index contributed by atoms with van der Waals surface area (Å²) in [5.74, 6) is -0.0284. The molecule has 0 bridgehead atoms. The lowest BCUT2D eigenvalue weighted by Crippen LogP contribution is -2.36. The molecule has 6 nitrogen and oxygen atoms in total. The van der Waals surface area contributed by atoms with E-state index in [1.165, 1.54) is 17.0 Å². The molecule has 31 heavy (non-hydrogen) atoms. The van der Waals surface area contributed by atoms with Gasteiger partial charge in [-0.05, 0) is 37.5 Å². The second-order valence-corrected chi connectivity index (χ2v) is 8.24. The van der Waals surface area contributed by atoms with Gasteiger partial charge in [-0.2, -0.15) is 5.10 Å². The number of anilines is 2. The zero-order valence-corrected chi connectivity index (χ0v) is 18.3. The number of carbonyl (C=O) groups excluding carboxylic acids is 1. The first-order valence-electron chi connectivity index (χ1n) is 10.5. The van der Waals surface area contributed by atoms with Crippen molar-refractivity contribution in [2.45, 2.75) is 19.8 Å². The van der Waals surface area contributed by atoms with Gasteiger partial charge < -0.3 is 9.64 Å². The van der Waals surface area contributed by atoms with E-state index < -0.39 is 0 Å². The van der Waals surface area contributed by atoms with Gasteiger partial charge in [-0.15, -0.1) is 11.3 Å². The quantitative estimate of drug-likeness (QED) is 0.321. The lowest BCUT2D eigenvalue weighted by molar-refractivity contribution is -0.148. The Hall–Kier alpha value is -3.19. The molecular weight excluding hydrogens is 408 g/mol. The number of hydrogen-bond acceptors (Lipinski definition) is 7. The first kappa shape index (κ1) is 21.1.